The van der Waals surface area contributed by atoms with Crippen LogP contribution in [0.1, 0.15) is 17.0 Å². The van der Waals surface area contributed by atoms with E-state index in [0.29, 0.717) is 10.7 Å². The SMILES string of the molecule is CSc1nc(N)c2c(n1)OC(N)=C(C#N)[C@@H]2c1ccccc1F. The Hall–Kier alpha value is -2.79. The quantitative estimate of drug-likeness (QED) is 0.641. The Labute approximate surface area is 136 Å². The van der Waals surface area contributed by atoms with Crippen LogP contribution in [0.2, 0.25) is 0 Å². The number of nitriles is 1. The highest BCUT2D eigenvalue weighted by Gasteiger charge is 2.35. The molecule has 0 fully saturated rings. The number of anilines is 1. The third-order valence-corrected chi connectivity index (χ3v) is 4.04. The van der Waals surface area contributed by atoms with Crippen LogP contribution in [0.4, 0.5) is 10.2 Å². The van der Waals surface area contributed by atoms with Gasteiger partial charge in [0.25, 0.3) is 0 Å². The van der Waals surface area contributed by atoms with Crippen LogP contribution in [-0.4, -0.2) is 16.2 Å². The van der Waals surface area contributed by atoms with E-state index in [9.17, 15) is 9.65 Å². The third kappa shape index (κ3) is 2.45. The number of benzene rings is 1. The van der Waals surface area contributed by atoms with Crippen LogP contribution in [0.5, 0.6) is 5.88 Å². The predicted molar refractivity (Wildman–Crippen MR) is 83.9 cm³/mol. The van der Waals surface area contributed by atoms with Gasteiger partial charge in [-0.15, -0.1) is 0 Å². The fourth-order valence-electron chi connectivity index (χ4n) is 2.47. The highest BCUT2D eigenvalue weighted by molar-refractivity contribution is 7.98. The molecule has 0 aliphatic carbocycles. The lowest BCUT2D eigenvalue weighted by Crippen LogP contribution is -2.24. The first-order valence-corrected chi connectivity index (χ1v) is 7.82. The number of nitrogens with zero attached hydrogens (tertiary/aromatic N) is 3. The minimum absolute atomic E-state index is 0.0785. The summed E-state index contributed by atoms with van der Waals surface area (Å²) in [7, 11) is 0. The molecule has 0 saturated heterocycles. The summed E-state index contributed by atoms with van der Waals surface area (Å²) in [6, 6.07) is 8.09. The van der Waals surface area contributed by atoms with E-state index in [1.807, 2.05) is 6.07 Å². The summed E-state index contributed by atoms with van der Waals surface area (Å²) in [6.07, 6.45) is 1.79. The van der Waals surface area contributed by atoms with Crippen LogP contribution >= 0.6 is 11.8 Å². The van der Waals surface area contributed by atoms with E-state index in [2.05, 4.69) is 9.97 Å². The molecule has 23 heavy (non-hydrogen) atoms. The molecule has 1 aromatic heterocycles. The Morgan fingerprint density at radius 1 is 1.30 bits per heavy atom. The van der Waals surface area contributed by atoms with Crippen molar-refractivity contribution in [3.05, 3.63) is 52.7 Å². The summed E-state index contributed by atoms with van der Waals surface area (Å²) in [5.41, 5.74) is 12.5. The first-order valence-electron chi connectivity index (χ1n) is 6.60. The van der Waals surface area contributed by atoms with Crippen LogP contribution in [-0.2, 0) is 0 Å². The van der Waals surface area contributed by atoms with E-state index in [-0.39, 0.29) is 28.7 Å². The molecule has 1 aliphatic heterocycles. The largest absolute Gasteiger partial charge is 0.422 e. The highest BCUT2D eigenvalue weighted by atomic mass is 32.2. The molecule has 1 aliphatic rings. The molecule has 4 N–H and O–H groups in total. The van der Waals surface area contributed by atoms with Gasteiger partial charge < -0.3 is 16.2 Å². The van der Waals surface area contributed by atoms with E-state index < -0.39 is 11.7 Å². The van der Waals surface area contributed by atoms with Crippen molar-refractivity contribution in [2.45, 2.75) is 11.1 Å². The molecule has 0 radical (unpaired) electrons. The Kier molecular flexibility index (Phi) is 3.80. The predicted octanol–water partition coefficient (Wildman–Crippen LogP) is 2.14. The van der Waals surface area contributed by atoms with E-state index in [0.717, 1.165) is 0 Å². The molecule has 116 valence electrons. The van der Waals surface area contributed by atoms with Crippen LogP contribution in [0.25, 0.3) is 0 Å². The van der Waals surface area contributed by atoms with Gasteiger partial charge in [0, 0.05) is 5.56 Å². The van der Waals surface area contributed by atoms with Crippen molar-refractivity contribution in [3.8, 4) is 11.9 Å². The smallest absolute Gasteiger partial charge is 0.231 e. The maximum Gasteiger partial charge on any atom is 0.231 e. The summed E-state index contributed by atoms with van der Waals surface area (Å²) in [5.74, 6) is -1.11. The van der Waals surface area contributed by atoms with Gasteiger partial charge in [0.2, 0.25) is 11.8 Å². The minimum Gasteiger partial charge on any atom is -0.422 e. The molecule has 2 aromatic rings. The number of thioether (sulfide) groups is 1. The Bertz CT molecular complexity index is 861. The van der Waals surface area contributed by atoms with Gasteiger partial charge >= 0.3 is 0 Å². The summed E-state index contributed by atoms with van der Waals surface area (Å²) >= 11 is 1.29. The van der Waals surface area contributed by atoms with Gasteiger partial charge in [-0.25, -0.2) is 9.37 Å². The number of halogens is 1. The highest BCUT2D eigenvalue weighted by Crippen LogP contribution is 2.44. The molecule has 0 bridgehead atoms. The number of hydrogen-bond acceptors (Lipinski definition) is 7. The van der Waals surface area contributed by atoms with Gasteiger partial charge in [-0.3, -0.25) is 0 Å². The third-order valence-electron chi connectivity index (χ3n) is 3.49. The Morgan fingerprint density at radius 2 is 2.04 bits per heavy atom. The van der Waals surface area contributed by atoms with Crippen molar-refractivity contribution in [1.29, 1.82) is 5.26 Å². The van der Waals surface area contributed by atoms with Gasteiger partial charge in [0.15, 0.2) is 5.16 Å². The standard InChI is InChI=1S/C15H12FN5OS/c1-23-15-20-12(18)11-10(7-4-2-3-5-9(7)16)8(6-17)13(19)22-14(11)21-15/h2-5,10H,19H2,1H3,(H2,18,20,21)/t10-/m0/s1. The van der Waals surface area contributed by atoms with Crippen molar-refractivity contribution in [2.75, 3.05) is 12.0 Å². The lowest BCUT2D eigenvalue weighted by molar-refractivity contribution is 0.372. The second-order valence-electron chi connectivity index (χ2n) is 4.76. The fourth-order valence-corrected chi connectivity index (χ4v) is 2.83. The molecular weight excluding hydrogens is 317 g/mol. The Morgan fingerprint density at radius 3 is 2.70 bits per heavy atom. The van der Waals surface area contributed by atoms with Crippen LogP contribution in [0.15, 0.2) is 40.9 Å². The number of fused-ring (bicyclic) bond motifs is 1. The summed E-state index contributed by atoms with van der Waals surface area (Å²) < 4.78 is 19.7. The molecule has 1 atom stereocenters. The van der Waals surface area contributed by atoms with Gasteiger partial charge in [0.1, 0.15) is 23.3 Å². The molecule has 0 amide bonds. The number of nitrogens with two attached hydrogens (primary N) is 2. The van der Waals surface area contributed by atoms with Gasteiger partial charge in [0.05, 0.1) is 11.5 Å². The van der Waals surface area contributed by atoms with Crippen LogP contribution < -0.4 is 16.2 Å². The monoisotopic (exact) mass is 329 g/mol. The summed E-state index contributed by atoms with van der Waals surface area (Å²) in [6.45, 7) is 0. The van der Waals surface area contributed by atoms with E-state index in [4.69, 9.17) is 16.2 Å². The molecule has 8 heteroatoms. The van der Waals surface area contributed by atoms with Crippen molar-refractivity contribution < 1.29 is 9.13 Å². The first kappa shape index (κ1) is 15.1. The topological polar surface area (TPSA) is 111 Å². The first-order chi connectivity index (χ1) is 11.1. The molecule has 6 nitrogen and oxygen atoms in total. The average molecular weight is 329 g/mol. The maximum absolute atomic E-state index is 14.3. The summed E-state index contributed by atoms with van der Waals surface area (Å²) in [5, 5.41) is 9.83. The number of nitrogen functional groups attached to an aromatic ring is 1. The molecule has 1 aromatic carbocycles. The van der Waals surface area contributed by atoms with E-state index in [1.54, 1.807) is 24.5 Å². The molecule has 3 rings (SSSR count). The van der Waals surface area contributed by atoms with Gasteiger partial charge in [-0.05, 0) is 12.3 Å². The van der Waals surface area contributed by atoms with Gasteiger partial charge in [-0.1, -0.05) is 30.0 Å². The second kappa shape index (κ2) is 5.78. The number of ether oxygens (including phenoxy) is 1. The Balaban J connectivity index is 2.30. The zero-order valence-electron chi connectivity index (χ0n) is 12.1. The zero-order chi connectivity index (χ0) is 16.6. The lowest BCUT2D eigenvalue weighted by Gasteiger charge is -2.26. The van der Waals surface area contributed by atoms with Crippen molar-refractivity contribution in [1.82, 2.24) is 9.97 Å². The van der Waals surface area contributed by atoms with Crippen molar-refractivity contribution in [3.63, 3.8) is 0 Å². The number of aromatic nitrogens is 2. The lowest BCUT2D eigenvalue weighted by atomic mass is 9.84. The maximum atomic E-state index is 14.3. The summed E-state index contributed by atoms with van der Waals surface area (Å²) in [4.78, 5) is 8.38. The fraction of sp³-hybridized carbons (Fsp3) is 0.133. The second-order valence-corrected chi connectivity index (χ2v) is 5.53. The van der Waals surface area contributed by atoms with E-state index >= 15 is 0 Å². The minimum atomic E-state index is -0.805. The van der Waals surface area contributed by atoms with Crippen LogP contribution in [0, 0.1) is 17.1 Å². The molecule has 0 unspecified atom stereocenters. The molecule has 0 saturated carbocycles. The average Bonchev–Trinajstić information content (AvgIpc) is 2.54. The van der Waals surface area contributed by atoms with Gasteiger partial charge in [-0.2, -0.15) is 10.2 Å². The van der Waals surface area contributed by atoms with Crippen LogP contribution in [0.3, 0.4) is 0 Å². The number of rotatable bonds is 2. The van der Waals surface area contributed by atoms with E-state index in [1.165, 1.54) is 17.8 Å². The number of allylic oxidation sites excluding steroid dienone is 1. The molecule has 0 spiro atoms. The van der Waals surface area contributed by atoms with Crippen molar-refractivity contribution in [2.24, 2.45) is 5.73 Å². The zero-order valence-corrected chi connectivity index (χ0v) is 12.9. The molecular formula is C15H12FN5OS. The van der Waals surface area contributed by atoms with Crippen molar-refractivity contribution >= 4 is 17.6 Å². The number of hydrogen-bond donors (Lipinski definition) is 2. The normalized spacial score (nSPS) is 16.5. The molecule has 2 heterocycles.